The molecule has 0 saturated heterocycles. The van der Waals surface area contributed by atoms with Gasteiger partial charge in [0, 0.05) is 17.6 Å². The first kappa shape index (κ1) is 30.5. The van der Waals surface area contributed by atoms with E-state index in [1.807, 2.05) is 6.92 Å². The second-order valence-corrected chi connectivity index (χ2v) is 12.8. The molecule has 41 heavy (non-hydrogen) atoms. The lowest BCUT2D eigenvalue weighted by Crippen LogP contribution is -2.53. The number of hydrogen-bond acceptors (Lipinski definition) is 4. The Hall–Kier alpha value is -3.43. The molecule has 0 unspecified atom stereocenters. The van der Waals surface area contributed by atoms with Crippen molar-refractivity contribution in [3.8, 4) is 0 Å². The highest BCUT2D eigenvalue weighted by molar-refractivity contribution is 7.92. The molecule has 10 heteroatoms. The molecule has 1 saturated carbocycles. The molecular weight excluding hydrogens is 565 g/mol. The molecule has 1 fully saturated rings. The number of amides is 2. The molecule has 1 N–H and O–H groups in total. The quantitative estimate of drug-likeness (QED) is 0.317. The van der Waals surface area contributed by atoms with Gasteiger partial charge in [-0.15, -0.1) is 0 Å². The zero-order valence-electron chi connectivity index (χ0n) is 23.2. The summed E-state index contributed by atoms with van der Waals surface area (Å²) in [5, 5.41) is 3.37. The first-order valence-electron chi connectivity index (χ1n) is 13.7. The number of hydrogen-bond donors (Lipinski definition) is 1. The summed E-state index contributed by atoms with van der Waals surface area (Å²) in [7, 11) is -4.19. The molecule has 2 amide bonds. The summed E-state index contributed by atoms with van der Waals surface area (Å²) in [6.07, 6.45) is 4.95. The SMILES string of the molecule is Cc1ccc(S(=O)(=O)N(CC(=O)N(Cc2ccc(F)cc2)[C@@H](C)C(=O)NC2CCCCC2)c2cccc(Cl)c2)cc1. The van der Waals surface area contributed by atoms with Crippen molar-refractivity contribution >= 4 is 39.1 Å². The number of aryl methyl sites for hydroxylation is 1. The monoisotopic (exact) mass is 599 g/mol. The Morgan fingerprint density at radius 3 is 2.29 bits per heavy atom. The summed E-state index contributed by atoms with van der Waals surface area (Å²) < 4.78 is 42.4. The summed E-state index contributed by atoms with van der Waals surface area (Å²) in [6.45, 7) is 2.89. The Morgan fingerprint density at radius 1 is 1.00 bits per heavy atom. The molecule has 4 rings (SSSR count). The van der Waals surface area contributed by atoms with Crippen LogP contribution in [0.3, 0.4) is 0 Å². The molecule has 1 aliphatic rings. The number of carbonyl (C=O) groups is 2. The smallest absolute Gasteiger partial charge is 0.264 e. The van der Waals surface area contributed by atoms with Crippen molar-refractivity contribution in [3.63, 3.8) is 0 Å². The van der Waals surface area contributed by atoms with Gasteiger partial charge in [0.05, 0.1) is 10.6 Å². The topological polar surface area (TPSA) is 86.8 Å². The van der Waals surface area contributed by atoms with E-state index in [2.05, 4.69) is 5.32 Å². The van der Waals surface area contributed by atoms with Crippen LogP contribution in [0.4, 0.5) is 10.1 Å². The van der Waals surface area contributed by atoms with Gasteiger partial charge in [-0.3, -0.25) is 13.9 Å². The summed E-state index contributed by atoms with van der Waals surface area (Å²) in [6, 6.07) is 17.4. The highest BCUT2D eigenvalue weighted by atomic mass is 35.5. The summed E-state index contributed by atoms with van der Waals surface area (Å²) in [5.74, 6) is -1.33. The third kappa shape index (κ3) is 7.86. The average Bonchev–Trinajstić information content (AvgIpc) is 2.95. The fourth-order valence-corrected chi connectivity index (χ4v) is 6.53. The summed E-state index contributed by atoms with van der Waals surface area (Å²) >= 11 is 6.21. The van der Waals surface area contributed by atoms with Gasteiger partial charge in [0.15, 0.2) is 0 Å². The Bertz CT molecular complexity index is 1460. The van der Waals surface area contributed by atoms with Crippen LogP contribution in [0.5, 0.6) is 0 Å². The number of sulfonamides is 1. The van der Waals surface area contributed by atoms with Crippen molar-refractivity contribution in [2.45, 2.75) is 69.5 Å². The second-order valence-electron chi connectivity index (χ2n) is 10.5. The van der Waals surface area contributed by atoms with Crippen LogP contribution in [0.25, 0.3) is 0 Å². The molecule has 0 aliphatic heterocycles. The van der Waals surface area contributed by atoms with Gasteiger partial charge in [0.25, 0.3) is 10.0 Å². The van der Waals surface area contributed by atoms with Crippen LogP contribution in [0.2, 0.25) is 5.02 Å². The lowest BCUT2D eigenvalue weighted by atomic mass is 9.95. The van der Waals surface area contributed by atoms with Crippen LogP contribution in [-0.4, -0.2) is 43.8 Å². The maximum Gasteiger partial charge on any atom is 0.264 e. The maximum absolute atomic E-state index is 14.0. The zero-order chi connectivity index (χ0) is 29.6. The molecule has 7 nitrogen and oxygen atoms in total. The van der Waals surface area contributed by atoms with Gasteiger partial charge in [-0.05, 0) is 74.7 Å². The van der Waals surface area contributed by atoms with Crippen molar-refractivity contribution < 1.29 is 22.4 Å². The Balaban J connectivity index is 1.67. The van der Waals surface area contributed by atoms with Crippen molar-refractivity contribution in [3.05, 3.63) is 94.8 Å². The molecule has 3 aromatic rings. The molecule has 0 spiro atoms. The van der Waals surface area contributed by atoms with Crippen molar-refractivity contribution in [1.82, 2.24) is 10.2 Å². The number of halogens is 2. The average molecular weight is 600 g/mol. The molecule has 0 heterocycles. The normalized spacial score (nSPS) is 14.7. The first-order valence-corrected chi connectivity index (χ1v) is 15.6. The van der Waals surface area contributed by atoms with E-state index in [0.29, 0.717) is 10.6 Å². The maximum atomic E-state index is 14.0. The Labute approximate surface area is 246 Å². The molecule has 1 aliphatic carbocycles. The number of rotatable bonds is 10. The van der Waals surface area contributed by atoms with Crippen LogP contribution >= 0.6 is 11.6 Å². The van der Waals surface area contributed by atoms with Crippen LogP contribution in [0.1, 0.15) is 50.2 Å². The lowest BCUT2D eigenvalue weighted by Gasteiger charge is -2.33. The van der Waals surface area contributed by atoms with Gasteiger partial charge >= 0.3 is 0 Å². The third-order valence-electron chi connectivity index (χ3n) is 7.37. The summed E-state index contributed by atoms with van der Waals surface area (Å²) in [4.78, 5) is 28.7. The number of anilines is 1. The standard InChI is InChI=1S/C31H35ClFN3O4S/c1-22-11-17-29(18-12-22)41(39,40)36(28-10-6-7-25(32)19-28)21-30(37)35(20-24-13-15-26(33)16-14-24)23(2)31(38)34-27-8-4-3-5-9-27/h6-7,10-19,23,27H,3-5,8-9,20-21H2,1-2H3,(H,34,38)/t23-/m0/s1. The fourth-order valence-electron chi connectivity index (χ4n) is 4.94. The van der Waals surface area contributed by atoms with Crippen LogP contribution in [0.15, 0.2) is 77.7 Å². The van der Waals surface area contributed by atoms with Gasteiger partial charge in [-0.1, -0.05) is 66.8 Å². The predicted octanol–water partition coefficient (Wildman–Crippen LogP) is 5.85. The van der Waals surface area contributed by atoms with E-state index in [1.54, 1.807) is 49.4 Å². The molecule has 218 valence electrons. The van der Waals surface area contributed by atoms with Gasteiger partial charge < -0.3 is 10.2 Å². The number of carbonyl (C=O) groups excluding carboxylic acids is 2. The van der Waals surface area contributed by atoms with Gasteiger partial charge in [0.2, 0.25) is 11.8 Å². The number of nitrogens with zero attached hydrogens (tertiary/aromatic N) is 2. The minimum atomic E-state index is -4.19. The molecule has 0 radical (unpaired) electrons. The van der Waals surface area contributed by atoms with E-state index in [-0.39, 0.29) is 29.1 Å². The number of benzene rings is 3. The lowest BCUT2D eigenvalue weighted by molar-refractivity contribution is -0.139. The fraction of sp³-hybridized carbons (Fsp3) is 0.355. The highest BCUT2D eigenvalue weighted by Gasteiger charge is 2.33. The van der Waals surface area contributed by atoms with Crippen molar-refractivity contribution in [2.75, 3.05) is 10.8 Å². The Morgan fingerprint density at radius 2 is 1.66 bits per heavy atom. The van der Waals surface area contributed by atoms with E-state index >= 15 is 0 Å². The largest absolute Gasteiger partial charge is 0.352 e. The van der Waals surface area contributed by atoms with Crippen LogP contribution in [-0.2, 0) is 26.2 Å². The van der Waals surface area contributed by atoms with Gasteiger partial charge in [-0.2, -0.15) is 0 Å². The molecule has 1 atom stereocenters. The highest BCUT2D eigenvalue weighted by Crippen LogP contribution is 2.27. The molecule has 0 bridgehead atoms. The van der Waals surface area contributed by atoms with E-state index in [0.717, 1.165) is 42.0 Å². The van der Waals surface area contributed by atoms with E-state index < -0.39 is 34.3 Å². The van der Waals surface area contributed by atoms with Crippen molar-refractivity contribution in [2.24, 2.45) is 0 Å². The molecule has 3 aromatic carbocycles. The minimum absolute atomic E-state index is 0.00761. The second kappa shape index (κ2) is 13.5. The van der Waals surface area contributed by atoms with E-state index in [4.69, 9.17) is 11.6 Å². The van der Waals surface area contributed by atoms with Gasteiger partial charge in [-0.25, -0.2) is 12.8 Å². The zero-order valence-corrected chi connectivity index (χ0v) is 24.8. The van der Waals surface area contributed by atoms with Crippen molar-refractivity contribution in [1.29, 1.82) is 0 Å². The molecular formula is C31H35ClFN3O4S. The number of nitrogens with one attached hydrogen (secondary N) is 1. The first-order chi connectivity index (χ1) is 19.5. The summed E-state index contributed by atoms with van der Waals surface area (Å²) in [5.41, 5.74) is 1.71. The molecule has 0 aromatic heterocycles. The van der Waals surface area contributed by atoms with Gasteiger partial charge in [0.1, 0.15) is 18.4 Å². The van der Waals surface area contributed by atoms with E-state index in [9.17, 15) is 22.4 Å². The third-order valence-corrected chi connectivity index (χ3v) is 9.39. The predicted molar refractivity (Wildman–Crippen MR) is 159 cm³/mol. The van der Waals surface area contributed by atoms with E-state index in [1.165, 1.54) is 35.2 Å². The Kier molecular flexibility index (Phi) is 10.0. The van der Waals surface area contributed by atoms with Crippen LogP contribution in [0, 0.1) is 12.7 Å². The minimum Gasteiger partial charge on any atom is -0.352 e. The van der Waals surface area contributed by atoms with Crippen LogP contribution < -0.4 is 9.62 Å².